The molecule has 1 saturated heterocycles. The zero-order chi connectivity index (χ0) is 12.0. The van der Waals surface area contributed by atoms with Crippen LogP contribution in [0.15, 0.2) is 60.7 Å². The zero-order valence-electron chi connectivity index (χ0n) is 10.3. The first-order valence-electron chi connectivity index (χ1n) is 6.65. The van der Waals surface area contributed by atoms with E-state index in [4.69, 9.17) is 4.74 Å². The van der Waals surface area contributed by atoms with Crippen LogP contribution in [0.3, 0.4) is 0 Å². The van der Waals surface area contributed by atoms with Gasteiger partial charge in [-0.25, -0.2) is 0 Å². The highest BCUT2D eigenvalue weighted by molar-refractivity contribution is 5.42. The number of ether oxygens (including phenoxy) is 1. The third kappa shape index (κ3) is 1.44. The molecule has 2 aromatic rings. The SMILES string of the molecule is c1ccc(C2(c3ccccc3)CC3OC3C2)cc1. The van der Waals surface area contributed by atoms with Gasteiger partial charge in [0.15, 0.2) is 0 Å². The second-order valence-electron chi connectivity index (χ2n) is 5.44. The van der Waals surface area contributed by atoms with Gasteiger partial charge in [0.1, 0.15) is 0 Å². The molecule has 2 aliphatic rings. The summed E-state index contributed by atoms with van der Waals surface area (Å²) in [6, 6.07) is 21.8. The Bertz CT molecular complexity index is 495. The Morgan fingerprint density at radius 2 is 1.17 bits per heavy atom. The molecule has 2 atom stereocenters. The van der Waals surface area contributed by atoms with Crippen molar-refractivity contribution in [3.8, 4) is 0 Å². The second-order valence-corrected chi connectivity index (χ2v) is 5.44. The number of fused-ring (bicyclic) bond motifs is 1. The summed E-state index contributed by atoms with van der Waals surface area (Å²) in [5.41, 5.74) is 3.05. The highest BCUT2D eigenvalue weighted by Gasteiger charge is 2.56. The van der Waals surface area contributed by atoms with Gasteiger partial charge in [0.25, 0.3) is 0 Å². The van der Waals surface area contributed by atoms with Crippen LogP contribution in [-0.2, 0) is 10.2 Å². The van der Waals surface area contributed by atoms with Crippen molar-refractivity contribution in [2.75, 3.05) is 0 Å². The van der Waals surface area contributed by atoms with Crippen LogP contribution < -0.4 is 0 Å². The third-order valence-electron chi connectivity index (χ3n) is 4.44. The smallest absolute Gasteiger partial charge is 0.0854 e. The molecule has 1 aliphatic carbocycles. The monoisotopic (exact) mass is 236 g/mol. The minimum Gasteiger partial charge on any atom is -0.369 e. The predicted octanol–water partition coefficient (Wildman–Crippen LogP) is 3.53. The fraction of sp³-hybridized carbons (Fsp3) is 0.294. The van der Waals surface area contributed by atoms with Gasteiger partial charge in [-0.3, -0.25) is 0 Å². The second kappa shape index (κ2) is 3.69. The van der Waals surface area contributed by atoms with E-state index in [2.05, 4.69) is 60.7 Å². The summed E-state index contributed by atoms with van der Waals surface area (Å²) >= 11 is 0. The van der Waals surface area contributed by atoms with Crippen LogP contribution in [0.2, 0.25) is 0 Å². The molecule has 0 radical (unpaired) electrons. The Balaban J connectivity index is 1.85. The Hall–Kier alpha value is -1.60. The number of benzene rings is 2. The lowest BCUT2D eigenvalue weighted by Gasteiger charge is -2.31. The molecule has 2 unspecified atom stereocenters. The molecule has 2 aromatic carbocycles. The number of hydrogen-bond donors (Lipinski definition) is 0. The maximum absolute atomic E-state index is 5.65. The first-order chi connectivity index (χ1) is 8.88. The largest absolute Gasteiger partial charge is 0.369 e. The molecule has 90 valence electrons. The van der Waals surface area contributed by atoms with E-state index < -0.39 is 0 Å². The van der Waals surface area contributed by atoms with Crippen molar-refractivity contribution in [2.45, 2.75) is 30.5 Å². The summed E-state index contributed by atoms with van der Waals surface area (Å²) in [6.07, 6.45) is 3.24. The van der Waals surface area contributed by atoms with Crippen molar-refractivity contribution in [1.82, 2.24) is 0 Å². The van der Waals surface area contributed by atoms with Crippen molar-refractivity contribution in [1.29, 1.82) is 0 Å². The Kier molecular flexibility index (Phi) is 2.12. The average Bonchev–Trinajstić information content (AvgIpc) is 3.08. The lowest BCUT2D eigenvalue weighted by molar-refractivity contribution is 0.267. The van der Waals surface area contributed by atoms with E-state index in [0.717, 1.165) is 12.8 Å². The predicted molar refractivity (Wildman–Crippen MR) is 71.6 cm³/mol. The average molecular weight is 236 g/mol. The summed E-state index contributed by atoms with van der Waals surface area (Å²) in [5.74, 6) is 0. The number of hydrogen-bond acceptors (Lipinski definition) is 1. The van der Waals surface area contributed by atoms with E-state index in [9.17, 15) is 0 Å². The molecular formula is C17H16O. The van der Waals surface area contributed by atoms with E-state index >= 15 is 0 Å². The first-order valence-corrected chi connectivity index (χ1v) is 6.65. The van der Waals surface area contributed by atoms with E-state index in [1.165, 1.54) is 11.1 Å². The summed E-state index contributed by atoms with van der Waals surface area (Å²) in [6.45, 7) is 0. The van der Waals surface area contributed by atoms with Gasteiger partial charge >= 0.3 is 0 Å². The zero-order valence-corrected chi connectivity index (χ0v) is 10.3. The van der Waals surface area contributed by atoms with Crippen molar-refractivity contribution in [3.05, 3.63) is 71.8 Å². The normalized spacial score (nSPS) is 27.8. The van der Waals surface area contributed by atoms with Gasteiger partial charge in [0.05, 0.1) is 12.2 Å². The number of epoxide rings is 1. The lowest BCUT2D eigenvalue weighted by Crippen LogP contribution is -2.26. The fourth-order valence-corrected chi connectivity index (χ4v) is 3.46. The molecular weight excluding hydrogens is 220 g/mol. The molecule has 2 fully saturated rings. The molecule has 0 N–H and O–H groups in total. The molecule has 0 amide bonds. The van der Waals surface area contributed by atoms with Gasteiger partial charge in [-0.15, -0.1) is 0 Å². The van der Waals surface area contributed by atoms with Gasteiger partial charge in [-0.1, -0.05) is 60.7 Å². The highest BCUT2D eigenvalue weighted by atomic mass is 16.6. The molecule has 0 bridgehead atoms. The summed E-state index contributed by atoms with van der Waals surface area (Å²) < 4.78 is 5.65. The molecule has 1 aliphatic heterocycles. The molecule has 1 nitrogen and oxygen atoms in total. The van der Waals surface area contributed by atoms with Crippen molar-refractivity contribution in [3.63, 3.8) is 0 Å². The minimum absolute atomic E-state index is 0.177. The van der Waals surface area contributed by atoms with Crippen LogP contribution in [0, 0.1) is 0 Å². The maximum atomic E-state index is 5.65. The minimum atomic E-state index is 0.177. The molecule has 18 heavy (non-hydrogen) atoms. The fourth-order valence-electron chi connectivity index (χ4n) is 3.46. The molecule has 1 heteroatoms. The number of rotatable bonds is 2. The standard InChI is InChI=1S/C17H16O/c1-3-7-13(8-4-1)17(11-15-16(12-17)18-15)14-9-5-2-6-10-14/h1-10,15-16H,11-12H2. The van der Waals surface area contributed by atoms with E-state index in [-0.39, 0.29) is 5.41 Å². The summed E-state index contributed by atoms with van der Waals surface area (Å²) in [5, 5.41) is 0. The first kappa shape index (κ1) is 10.3. The van der Waals surface area contributed by atoms with Gasteiger partial charge in [0, 0.05) is 5.41 Å². The van der Waals surface area contributed by atoms with Crippen LogP contribution in [0.5, 0.6) is 0 Å². The van der Waals surface area contributed by atoms with Gasteiger partial charge in [0.2, 0.25) is 0 Å². The topological polar surface area (TPSA) is 12.5 Å². The molecule has 0 spiro atoms. The van der Waals surface area contributed by atoms with Gasteiger partial charge in [-0.05, 0) is 24.0 Å². The van der Waals surface area contributed by atoms with Crippen molar-refractivity contribution in [2.24, 2.45) is 0 Å². The third-order valence-corrected chi connectivity index (χ3v) is 4.44. The van der Waals surface area contributed by atoms with E-state index in [0.29, 0.717) is 12.2 Å². The van der Waals surface area contributed by atoms with E-state index in [1.54, 1.807) is 0 Å². The molecule has 0 aromatic heterocycles. The van der Waals surface area contributed by atoms with Crippen LogP contribution in [0.4, 0.5) is 0 Å². The van der Waals surface area contributed by atoms with Crippen molar-refractivity contribution >= 4 is 0 Å². The Morgan fingerprint density at radius 1 is 0.722 bits per heavy atom. The lowest BCUT2D eigenvalue weighted by atomic mass is 9.72. The highest BCUT2D eigenvalue weighted by Crippen LogP contribution is 2.54. The van der Waals surface area contributed by atoms with Crippen LogP contribution in [0.25, 0.3) is 0 Å². The van der Waals surface area contributed by atoms with Crippen LogP contribution in [0.1, 0.15) is 24.0 Å². The van der Waals surface area contributed by atoms with Crippen LogP contribution in [-0.4, -0.2) is 12.2 Å². The van der Waals surface area contributed by atoms with Crippen LogP contribution >= 0.6 is 0 Å². The maximum Gasteiger partial charge on any atom is 0.0854 e. The Morgan fingerprint density at radius 3 is 1.61 bits per heavy atom. The molecule has 4 rings (SSSR count). The Labute approximate surface area is 107 Å². The summed E-state index contributed by atoms with van der Waals surface area (Å²) in [7, 11) is 0. The van der Waals surface area contributed by atoms with Gasteiger partial charge < -0.3 is 4.74 Å². The molecule has 1 heterocycles. The molecule has 1 saturated carbocycles. The quantitative estimate of drug-likeness (QED) is 0.727. The van der Waals surface area contributed by atoms with Crippen molar-refractivity contribution < 1.29 is 4.74 Å². The van der Waals surface area contributed by atoms with Gasteiger partial charge in [-0.2, -0.15) is 0 Å². The van der Waals surface area contributed by atoms with E-state index in [1.807, 2.05) is 0 Å². The summed E-state index contributed by atoms with van der Waals surface area (Å²) in [4.78, 5) is 0.